The largest absolute Gasteiger partial charge is 0.504 e. The topological polar surface area (TPSA) is 55.8 Å². The van der Waals surface area contributed by atoms with Crippen LogP contribution in [0, 0.1) is 6.92 Å². The molecule has 2 rings (SSSR count). The zero-order valence-electron chi connectivity index (χ0n) is 11.8. The highest BCUT2D eigenvalue weighted by Gasteiger charge is 2.55. The quantitative estimate of drug-likeness (QED) is 0.853. The Labute approximate surface area is 113 Å². The van der Waals surface area contributed by atoms with E-state index in [1.165, 1.54) is 0 Å². The number of benzene rings is 1. The van der Waals surface area contributed by atoms with Crippen LogP contribution in [-0.2, 0) is 9.53 Å². The third kappa shape index (κ3) is 3.19. The molecule has 0 aliphatic heterocycles. The predicted molar refractivity (Wildman–Crippen MR) is 71.3 cm³/mol. The molecule has 1 N–H and O–H groups in total. The van der Waals surface area contributed by atoms with E-state index in [9.17, 15) is 9.90 Å². The van der Waals surface area contributed by atoms with Gasteiger partial charge in [0.1, 0.15) is 5.60 Å². The van der Waals surface area contributed by atoms with Crippen LogP contribution in [0.15, 0.2) is 18.2 Å². The second-order valence-electron chi connectivity index (χ2n) is 6.07. The lowest BCUT2D eigenvalue weighted by atomic mass is 10.2. The molecule has 1 aromatic rings. The molecule has 4 heteroatoms. The Morgan fingerprint density at radius 3 is 2.47 bits per heavy atom. The van der Waals surface area contributed by atoms with E-state index in [0.717, 1.165) is 5.56 Å². The number of esters is 1. The first-order valence-corrected chi connectivity index (χ1v) is 6.44. The summed E-state index contributed by atoms with van der Waals surface area (Å²) >= 11 is 0. The summed E-state index contributed by atoms with van der Waals surface area (Å²) in [7, 11) is 0. The lowest BCUT2D eigenvalue weighted by molar-refractivity contribution is -0.165. The third-order valence-electron chi connectivity index (χ3n) is 2.90. The molecule has 0 bridgehead atoms. The van der Waals surface area contributed by atoms with Crippen molar-refractivity contribution in [2.24, 2.45) is 0 Å². The Kier molecular flexibility index (Phi) is 3.20. The fraction of sp³-hybridized carbons (Fsp3) is 0.533. The van der Waals surface area contributed by atoms with Crippen molar-refractivity contribution in [2.75, 3.05) is 0 Å². The number of hydrogen-bond acceptors (Lipinski definition) is 4. The average Bonchev–Trinajstić information content (AvgIpc) is 3.02. The number of carbonyl (C=O) groups is 1. The molecule has 4 nitrogen and oxygen atoms in total. The molecule has 0 saturated heterocycles. The normalized spacial score (nSPS) is 16.8. The number of aromatic hydroxyl groups is 1. The van der Waals surface area contributed by atoms with E-state index >= 15 is 0 Å². The SMILES string of the molecule is Cc1ccc(O)c(OC2(C(=O)OC(C)(C)C)CC2)c1. The zero-order valence-corrected chi connectivity index (χ0v) is 11.8. The van der Waals surface area contributed by atoms with Crippen molar-refractivity contribution in [3.05, 3.63) is 23.8 Å². The minimum absolute atomic E-state index is 0.0421. The van der Waals surface area contributed by atoms with Gasteiger partial charge in [0.2, 0.25) is 5.60 Å². The number of rotatable bonds is 3. The van der Waals surface area contributed by atoms with Crippen molar-refractivity contribution in [2.45, 2.75) is 51.7 Å². The minimum Gasteiger partial charge on any atom is -0.504 e. The van der Waals surface area contributed by atoms with Gasteiger partial charge < -0.3 is 14.6 Å². The van der Waals surface area contributed by atoms with E-state index in [1.807, 2.05) is 27.7 Å². The van der Waals surface area contributed by atoms with Gasteiger partial charge in [0.15, 0.2) is 11.5 Å². The zero-order chi connectivity index (χ0) is 14.3. The molecule has 0 radical (unpaired) electrons. The molecular weight excluding hydrogens is 244 g/mol. The summed E-state index contributed by atoms with van der Waals surface area (Å²) in [6.45, 7) is 7.38. The van der Waals surface area contributed by atoms with Gasteiger partial charge in [-0.1, -0.05) is 6.07 Å². The van der Waals surface area contributed by atoms with Gasteiger partial charge in [-0.15, -0.1) is 0 Å². The summed E-state index contributed by atoms with van der Waals surface area (Å²) in [4.78, 5) is 12.1. The summed E-state index contributed by atoms with van der Waals surface area (Å²) < 4.78 is 11.1. The standard InChI is InChI=1S/C15H20O4/c1-10-5-6-11(16)12(9-10)18-15(7-8-15)13(17)19-14(2,3)4/h5-6,9,16H,7-8H2,1-4H3. The van der Waals surface area contributed by atoms with Crippen molar-refractivity contribution in [3.8, 4) is 11.5 Å². The second kappa shape index (κ2) is 4.44. The van der Waals surface area contributed by atoms with Gasteiger partial charge >= 0.3 is 5.97 Å². The van der Waals surface area contributed by atoms with Gasteiger partial charge in [-0.3, -0.25) is 0 Å². The molecule has 19 heavy (non-hydrogen) atoms. The van der Waals surface area contributed by atoms with Gasteiger partial charge in [-0.05, 0) is 45.4 Å². The van der Waals surface area contributed by atoms with E-state index in [-0.39, 0.29) is 11.7 Å². The van der Waals surface area contributed by atoms with E-state index in [2.05, 4.69) is 0 Å². The van der Waals surface area contributed by atoms with Crippen LogP contribution in [0.3, 0.4) is 0 Å². The predicted octanol–water partition coefficient (Wildman–Crippen LogP) is 2.95. The Morgan fingerprint density at radius 1 is 1.32 bits per heavy atom. The number of aryl methyl sites for hydroxylation is 1. The fourth-order valence-electron chi connectivity index (χ4n) is 1.75. The molecule has 1 fully saturated rings. The number of hydrogen-bond donors (Lipinski definition) is 1. The molecule has 1 aromatic carbocycles. The maximum absolute atomic E-state index is 12.1. The molecular formula is C15H20O4. The highest BCUT2D eigenvalue weighted by molar-refractivity contribution is 5.83. The molecule has 0 unspecified atom stereocenters. The monoisotopic (exact) mass is 264 g/mol. The Morgan fingerprint density at radius 2 is 1.95 bits per heavy atom. The van der Waals surface area contributed by atoms with Crippen molar-refractivity contribution >= 4 is 5.97 Å². The van der Waals surface area contributed by atoms with Gasteiger partial charge in [0, 0.05) is 12.8 Å². The maximum Gasteiger partial charge on any atom is 0.351 e. The van der Waals surface area contributed by atoms with Crippen LogP contribution in [0.5, 0.6) is 11.5 Å². The van der Waals surface area contributed by atoms with E-state index in [0.29, 0.717) is 18.6 Å². The second-order valence-corrected chi connectivity index (χ2v) is 6.07. The first-order chi connectivity index (χ1) is 8.72. The fourth-order valence-corrected chi connectivity index (χ4v) is 1.75. The number of carbonyl (C=O) groups excluding carboxylic acids is 1. The third-order valence-corrected chi connectivity index (χ3v) is 2.90. The first-order valence-electron chi connectivity index (χ1n) is 6.44. The molecule has 104 valence electrons. The molecule has 1 aliphatic rings. The summed E-state index contributed by atoms with van der Waals surface area (Å²) in [5.74, 6) is 0.0182. The van der Waals surface area contributed by atoms with Crippen molar-refractivity contribution < 1.29 is 19.4 Å². The van der Waals surface area contributed by atoms with E-state index < -0.39 is 11.2 Å². The number of ether oxygens (including phenoxy) is 2. The summed E-state index contributed by atoms with van der Waals surface area (Å²) in [5, 5.41) is 9.76. The van der Waals surface area contributed by atoms with Crippen LogP contribution in [0.4, 0.5) is 0 Å². The Balaban J connectivity index is 2.14. The highest BCUT2D eigenvalue weighted by Crippen LogP contribution is 2.44. The maximum atomic E-state index is 12.1. The van der Waals surface area contributed by atoms with Crippen molar-refractivity contribution in [3.63, 3.8) is 0 Å². The molecule has 0 spiro atoms. The van der Waals surface area contributed by atoms with Crippen LogP contribution in [0.2, 0.25) is 0 Å². The highest BCUT2D eigenvalue weighted by atomic mass is 16.6. The Bertz CT molecular complexity index is 495. The van der Waals surface area contributed by atoms with Gasteiger partial charge in [-0.25, -0.2) is 4.79 Å². The minimum atomic E-state index is -0.918. The van der Waals surface area contributed by atoms with Crippen LogP contribution < -0.4 is 4.74 Å². The smallest absolute Gasteiger partial charge is 0.351 e. The number of phenols is 1. The summed E-state index contributed by atoms with van der Waals surface area (Å²) in [5.41, 5.74) is -0.490. The average molecular weight is 264 g/mol. The summed E-state index contributed by atoms with van der Waals surface area (Å²) in [6.07, 6.45) is 1.24. The lowest BCUT2D eigenvalue weighted by Gasteiger charge is -2.24. The van der Waals surface area contributed by atoms with E-state index in [1.54, 1.807) is 18.2 Å². The van der Waals surface area contributed by atoms with Gasteiger partial charge in [0.05, 0.1) is 0 Å². The molecule has 0 heterocycles. The van der Waals surface area contributed by atoms with Crippen molar-refractivity contribution in [1.29, 1.82) is 0 Å². The lowest BCUT2D eigenvalue weighted by Crippen LogP contribution is -2.37. The van der Waals surface area contributed by atoms with Crippen LogP contribution >= 0.6 is 0 Å². The van der Waals surface area contributed by atoms with Crippen molar-refractivity contribution in [1.82, 2.24) is 0 Å². The van der Waals surface area contributed by atoms with Crippen LogP contribution in [0.25, 0.3) is 0 Å². The van der Waals surface area contributed by atoms with Gasteiger partial charge in [-0.2, -0.15) is 0 Å². The molecule has 1 saturated carbocycles. The van der Waals surface area contributed by atoms with Crippen LogP contribution in [0.1, 0.15) is 39.2 Å². The molecule has 0 amide bonds. The summed E-state index contributed by atoms with van der Waals surface area (Å²) in [6, 6.07) is 5.07. The molecule has 0 atom stereocenters. The molecule has 1 aliphatic carbocycles. The molecule has 0 aromatic heterocycles. The van der Waals surface area contributed by atoms with Gasteiger partial charge in [0.25, 0.3) is 0 Å². The van der Waals surface area contributed by atoms with E-state index in [4.69, 9.17) is 9.47 Å². The first kappa shape index (κ1) is 13.7. The number of phenolic OH excluding ortho intramolecular Hbond substituents is 1. The van der Waals surface area contributed by atoms with Crippen LogP contribution in [-0.4, -0.2) is 22.3 Å². The Hall–Kier alpha value is -1.71.